The highest BCUT2D eigenvalue weighted by Gasteiger charge is 2.72. The number of carbonyl (C=O) groups excluding carboxylic acids is 1. The molecule has 6 atom stereocenters. The van der Waals surface area contributed by atoms with Gasteiger partial charge in [-0.25, -0.2) is 0 Å². The predicted molar refractivity (Wildman–Crippen MR) is 235 cm³/mol. The summed E-state index contributed by atoms with van der Waals surface area (Å²) < 4.78 is 14.4. The lowest BCUT2D eigenvalue weighted by Crippen LogP contribution is -2.81. The molecule has 1 aliphatic heterocycles. The van der Waals surface area contributed by atoms with Crippen molar-refractivity contribution in [2.24, 2.45) is 5.73 Å². The molecule has 8 nitrogen and oxygen atoms in total. The van der Waals surface area contributed by atoms with E-state index in [9.17, 15) is 25.2 Å². The van der Waals surface area contributed by atoms with Crippen LogP contribution in [0.5, 0.6) is 5.75 Å². The maximum Gasteiger partial charge on any atom is 0.255 e. The highest BCUT2D eigenvalue weighted by molar-refractivity contribution is 7.19. The Labute approximate surface area is 354 Å². The lowest BCUT2D eigenvalue weighted by molar-refractivity contribution is -0.368. The van der Waals surface area contributed by atoms with E-state index in [0.29, 0.717) is 28.7 Å². The van der Waals surface area contributed by atoms with Gasteiger partial charge in [-0.2, -0.15) is 0 Å². The van der Waals surface area contributed by atoms with Crippen LogP contribution >= 0.6 is 11.3 Å². The van der Waals surface area contributed by atoms with E-state index in [1.54, 1.807) is 17.4 Å². The van der Waals surface area contributed by atoms with E-state index < -0.39 is 47.6 Å². The number of thiophene rings is 1. The maximum atomic E-state index is 14.0. The number of fused-ring (bicyclic) bond motifs is 1. The fourth-order valence-electron chi connectivity index (χ4n) is 8.92. The minimum atomic E-state index is -2.42. The Morgan fingerprint density at radius 3 is 1.77 bits per heavy atom. The lowest BCUT2D eigenvalue weighted by atomic mass is 9.56. The molecule has 6 N–H and O–H groups in total. The number of amides is 1. The molecule has 8 rings (SSSR count). The van der Waals surface area contributed by atoms with E-state index in [1.807, 2.05) is 146 Å². The van der Waals surface area contributed by atoms with Gasteiger partial charge < -0.3 is 35.6 Å². The first-order valence-corrected chi connectivity index (χ1v) is 21.0. The van der Waals surface area contributed by atoms with Gasteiger partial charge in [0, 0.05) is 47.2 Å². The Hall–Kier alpha value is -5.65. The molecule has 2 heterocycles. The zero-order chi connectivity index (χ0) is 41.7. The number of nitrogens with two attached hydrogens (primary N) is 1. The molecule has 9 heteroatoms. The van der Waals surface area contributed by atoms with Crippen molar-refractivity contribution in [2.75, 3.05) is 6.61 Å². The van der Waals surface area contributed by atoms with Crippen LogP contribution in [-0.2, 0) is 41.6 Å². The van der Waals surface area contributed by atoms with E-state index >= 15 is 0 Å². The molecule has 306 valence electrons. The van der Waals surface area contributed by atoms with Gasteiger partial charge in [0.15, 0.2) is 6.61 Å². The number of aliphatic hydroxyl groups is 4. The SMILES string of the molecule is NC(=O)COc1ccc(Cc2cc3ccccc3s2)cc1[C@@H]1O[C@H](C(O)Cc2ccccc2)[C@](O)(Cc2ccccc2)[C@@](O)(Cc2ccccc2)[C@]1(O)Cc1ccccc1. The fraction of sp³-hybridized carbons (Fsp3) is 0.235. The molecule has 0 aliphatic carbocycles. The van der Waals surface area contributed by atoms with Gasteiger partial charge in [-0.05, 0) is 57.5 Å². The Kier molecular flexibility index (Phi) is 12.0. The van der Waals surface area contributed by atoms with Crippen LogP contribution in [-0.4, -0.2) is 62.0 Å². The number of carbonyl (C=O) groups is 1. The number of aliphatic hydroxyl groups excluding tert-OH is 1. The monoisotopic (exact) mass is 819 g/mol. The van der Waals surface area contributed by atoms with Crippen LogP contribution in [0.4, 0.5) is 0 Å². The minimum Gasteiger partial charge on any atom is -0.483 e. The summed E-state index contributed by atoms with van der Waals surface area (Å²) in [5.74, 6) is -0.495. The summed E-state index contributed by atoms with van der Waals surface area (Å²) in [4.78, 5) is 13.3. The molecule has 1 unspecified atom stereocenters. The van der Waals surface area contributed by atoms with Crippen LogP contribution in [0.3, 0.4) is 0 Å². The highest BCUT2D eigenvalue weighted by atomic mass is 32.1. The molecule has 0 bridgehead atoms. The second kappa shape index (κ2) is 17.5. The number of rotatable bonds is 15. The molecule has 1 amide bonds. The Morgan fingerprint density at radius 1 is 0.650 bits per heavy atom. The quantitative estimate of drug-likeness (QED) is 0.0730. The molecular formula is C51H49NO7S. The van der Waals surface area contributed by atoms with Gasteiger partial charge in [0.25, 0.3) is 5.91 Å². The number of hydrogen-bond donors (Lipinski definition) is 5. The van der Waals surface area contributed by atoms with Gasteiger partial charge in [0.1, 0.15) is 34.8 Å². The molecule has 0 radical (unpaired) electrons. The summed E-state index contributed by atoms with van der Waals surface area (Å²) in [5, 5.41) is 55.2. The molecule has 60 heavy (non-hydrogen) atoms. The van der Waals surface area contributed by atoms with Gasteiger partial charge in [0.05, 0.1) is 6.10 Å². The molecular weight excluding hydrogens is 771 g/mol. The van der Waals surface area contributed by atoms with Crippen molar-refractivity contribution in [2.45, 2.75) is 67.2 Å². The van der Waals surface area contributed by atoms with Crippen LogP contribution < -0.4 is 10.5 Å². The molecule has 0 spiro atoms. The third-order valence-corrected chi connectivity index (χ3v) is 12.9. The van der Waals surface area contributed by atoms with Crippen molar-refractivity contribution in [3.8, 4) is 5.75 Å². The van der Waals surface area contributed by atoms with Crippen LogP contribution in [0.1, 0.15) is 44.4 Å². The minimum absolute atomic E-state index is 0.0743. The Bertz CT molecular complexity index is 2480. The van der Waals surface area contributed by atoms with Crippen LogP contribution in [0.25, 0.3) is 10.1 Å². The summed E-state index contributed by atoms with van der Waals surface area (Å²) in [6.45, 7) is -0.460. The average molecular weight is 820 g/mol. The van der Waals surface area contributed by atoms with Crippen molar-refractivity contribution in [3.63, 3.8) is 0 Å². The topological polar surface area (TPSA) is 142 Å². The first-order chi connectivity index (χ1) is 29.0. The molecule has 1 aliphatic rings. The van der Waals surface area contributed by atoms with Gasteiger partial charge in [0.2, 0.25) is 0 Å². The van der Waals surface area contributed by atoms with Gasteiger partial charge in [-0.15, -0.1) is 11.3 Å². The first-order valence-electron chi connectivity index (χ1n) is 20.2. The van der Waals surface area contributed by atoms with Gasteiger partial charge >= 0.3 is 0 Å². The van der Waals surface area contributed by atoms with Crippen LogP contribution in [0.2, 0.25) is 0 Å². The second-order valence-electron chi connectivity index (χ2n) is 15.9. The molecule has 1 saturated heterocycles. The van der Waals surface area contributed by atoms with E-state index in [0.717, 1.165) is 26.1 Å². The third kappa shape index (κ3) is 8.38. The van der Waals surface area contributed by atoms with Crippen molar-refractivity contribution >= 4 is 27.3 Å². The number of ether oxygens (including phenoxy) is 2. The zero-order valence-electron chi connectivity index (χ0n) is 33.1. The number of primary amides is 1. The van der Waals surface area contributed by atoms with Crippen LogP contribution in [0, 0.1) is 0 Å². The summed E-state index contributed by atoms with van der Waals surface area (Å²) >= 11 is 1.68. The van der Waals surface area contributed by atoms with Crippen molar-refractivity contribution in [1.29, 1.82) is 0 Å². The van der Waals surface area contributed by atoms with Crippen molar-refractivity contribution in [3.05, 3.63) is 208 Å². The lowest BCUT2D eigenvalue weighted by Gasteiger charge is -2.62. The third-order valence-electron chi connectivity index (χ3n) is 11.8. The van der Waals surface area contributed by atoms with E-state index in [-0.39, 0.29) is 31.4 Å². The molecule has 1 fully saturated rings. The molecule has 6 aromatic carbocycles. The van der Waals surface area contributed by atoms with Crippen molar-refractivity contribution < 1.29 is 34.7 Å². The summed E-state index contributed by atoms with van der Waals surface area (Å²) in [6, 6.07) is 53.0. The molecule has 7 aromatic rings. The molecule has 1 aromatic heterocycles. The molecule has 0 saturated carbocycles. The summed E-state index contributed by atoms with van der Waals surface area (Å²) in [7, 11) is 0. The Morgan fingerprint density at radius 2 is 1.18 bits per heavy atom. The maximum absolute atomic E-state index is 14.0. The highest BCUT2D eigenvalue weighted by Crippen LogP contribution is 2.56. The van der Waals surface area contributed by atoms with Gasteiger partial charge in [-0.1, -0.05) is 146 Å². The van der Waals surface area contributed by atoms with Crippen LogP contribution in [0.15, 0.2) is 170 Å². The van der Waals surface area contributed by atoms with E-state index in [2.05, 4.69) is 18.2 Å². The van der Waals surface area contributed by atoms with E-state index in [1.165, 1.54) is 0 Å². The number of hydrogen-bond acceptors (Lipinski definition) is 8. The zero-order valence-corrected chi connectivity index (χ0v) is 34.0. The summed E-state index contributed by atoms with van der Waals surface area (Å²) in [6.07, 6.45) is -4.22. The smallest absolute Gasteiger partial charge is 0.255 e. The normalized spacial score (nSPS) is 23.3. The largest absolute Gasteiger partial charge is 0.483 e. The van der Waals surface area contributed by atoms with Crippen molar-refractivity contribution in [1.82, 2.24) is 0 Å². The number of benzene rings is 6. The van der Waals surface area contributed by atoms with Gasteiger partial charge in [-0.3, -0.25) is 4.79 Å². The second-order valence-corrected chi connectivity index (χ2v) is 17.1. The average Bonchev–Trinajstić information content (AvgIpc) is 3.66. The fourth-order valence-corrected chi connectivity index (χ4v) is 10.0. The van der Waals surface area contributed by atoms with E-state index in [4.69, 9.17) is 15.2 Å². The first kappa shape index (κ1) is 41.1. The predicted octanol–water partition coefficient (Wildman–Crippen LogP) is 7.32. The standard InChI is InChI=1S/C51H49NO7S/c52-46(54)34-58-44-26-25-39(27-41-30-40-23-13-14-24-45(40)60-41)28-42(44)47-49(55,31-36-17-7-2-8-18-36)51(57,33-38-21-11-4-12-22-38)50(56,32-37-19-9-3-10-20-37)48(59-47)43(53)29-35-15-5-1-6-16-35/h1-26,28,30,43,47-48,53,55-57H,27,29,31-34H2,(H2,52,54)/t43?,47-,48+,49-,50+,51+/m0/s1. The summed E-state index contributed by atoms with van der Waals surface area (Å²) in [5.41, 5.74) is 2.56. The Balaban J connectivity index is 1.36.